The number of benzene rings is 1. The van der Waals surface area contributed by atoms with Gasteiger partial charge in [-0.3, -0.25) is 9.69 Å². The number of carbonyl (C=O) groups is 1. The largest absolute Gasteiger partial charge is 0.508 e. The summed E-state index contributed by atoms with van der Waals surface area (Å²) >= 11 is 0. The van der Waals surface area contributed by atoms with Gasteiger partial charge in [-0.2, -0.15) is 0 Å². The second kappa shape index (κ2) is 6.71. The molecule has 29 heavy (non-hydrogen) atoms. The number of aliphatic hydroxyl groups is 1. The van der Waals surface area contributed by atoms with Crippen molar-refractivity contribution in [2.75, 3.05) is 26.2 Å². The fourth-order valence-corrected chi connectivity index (χ4v) is 7.58. The molecule has 0 spiro atoms. The molecule has 4 bridgehead atoms. The maximum absolute atomic E-state index is 13.7. The van der Waals surface area contributed by atoms with Crippen LogP contribution in [-0.4, -0.2) is 57.7 Å². The zero-order chi connectivity index (χ0) is 20.3. The zero-order valence-corrected chi connectivity index (χ0v) is 17.6. The van der Waals surface area contributed by atoms with E-state index in [9.17, 15) is 15.0 Å². The Bertz CT molecular complexity index is 805. The number of piperazine rings is 1. The minimum atomic E-state index is -0.609. The van der Waals surface area contributed by atoms with Gasteiger partial charge in [0.2, 0.25) is 5.91 Å². The summed E-state index contributed by atoms with van der Waals surface area (Å²) in [5, 5.41) is 20.9. The van der Waals surface area contributed by atoms with E-state index in [1.165, 1.54) is 6.42 Å². The van der Waals surface area contributed by atoms with Gasteiger partial charge in [0, 0.05) is 32.7 Å². The van der Waals surface area contributed by atoms with Crippen LogP contribution in [0.3, 0.4) is 0 Å². The summed E-state index contributed by atoms with van der Waals surface area (Å²) in [6, 6.07) is 7.43. The van der Waals surface area contributed by atoms with Crippen molar-refractivity contribution in [3.8, 4) is 5.75 Å². The summed E-state index contributed by atoms with van der Waals surface area (Å²) in [6.45, 7) is 6.31. The SMILES string of the molecule is CCC12CC3CC(O)(C1)CC(C(=O)N1CCN(Cc4cccc(O)c4)CC1)(C3)C2. The first kappa shape index (κ1) is 19.4. The van der Waals surface area contributed by atoms with Crippen molar-refractivity contribution in [2.45, 2.75) is 64.0 Å². The zero-order valence-electron chi connectivity index (χ0n) is 17.6. The predicted octanol–water partition coefficient (Wildman–Crippen LogP) is 3.15. The maximum Gasteiger partial charge on any atom is 0.229 e. The van der Waals surface area contributed by atoms with Gasteiger partial charge in [0.25, 0.3) is 0 Å². The normalized spacial score (nSPS) is 39.1. The first-order valence-electron chi connectivity index (χ1n) is 11.3. The molecule has 5 aliphatic rings. The number of amides is 1. The molecule has 5 nitrogen and oxygen atoms in total. The first-order chi connectivity index (χ1) is 13.8. The summed E-state index contributed by atoms with van der Waals surface area (Å²) in [4.78, 5) is 18.2. The van der Waals surface area contributed by atoms with Crippen molar-refractivity contribution < 1.29 is 15.0 Å². The number of aromatic hydroxyl groups is 1. The summed E-state index contributed by atoms with van der Waals surface area (Å²) < 4.78 is 0. The third-order valence-corrected chi connectivity index (χ3v) is 8.33. The quantitative estimate of drug-likeness (QED) is 0.818. The molecule has 5 heteroatoms. The lowest BCUT2D eigenvalue weighted by molar-refractivity contribution is -0.210. The summed E-state index contributed by atoms with van der Waals surface area (Å²) in [7, 11) is 0. The van der Waals surface area contributed by atoms with Crippen LogP contribution in [0.25, 0.3) is 0 Å². The number of carbonyl (C=O) groups excluding carboxylic acids is 1. The van der Waals surface area contributed by atoms with Gasteiger partial charge in [0.05, 0.1) is 11.0 Å². The van der Waals surface area contributed by atoms with E-state index in [2.05, 4.69) is 16.7 Å². The average Bonchev–Trinajstić information content (AvgIpc) is 2.66. The molecule has 4 unspecified atom stereocenters. The fourth-order valence-electron chi connectivity index (χ4n) is 7.58. The van der Waals surface area contributed by atoms with E-state index in [1.54, 1.807) is 6.07 Å². The summed E-state index contributed by atoms with van der Waals surface area (Å²) in [6.07, 6.45) is 6.75. The van der Waals surface area contributed by atoms with Crippen molar-refractivity contribution in [3.05, 3.63) is 29.8 Å². The first-order valence-corrected chi connectivity index (χ1v) is 11.3. The highest BCUT2D eigenvalue weighted by atomic mass is 16.3. The monoisotopic (exact) mass is 398 g/mol. The molecule has 4 aliphatic carbocycles. The topological polar surface area (TPSA) is 64.0 Å². The number of rotatable bonds is 4. The Balaban J connectivity index is 1.26. The van der Waals surface area contributed by atoms with Crippen LogP contribution in [0.5, 0.6) is 5.75 Å². The van der Waals surface area contributed by atoms with Gasteiger partial charge < -0.3 is 15.1 Å². The summed E-state index contributed by atoms with van der Waals surface area (Å²) in [5.41, 5.74) is 0.360. The van der Waals surface area contributed by atoms with Crippen molar-refractivity contribution in [1.29, 1.82) is 0 Å². The molecule has 6 rings (SSSR count). The molecule has 0 radical (unpaired) electrons. The lowest BCUT2D eigenvalue weighted by Gasteiger charge is -2.65. The van der Waals surface area contributed by atoms with E-state index in [-0.39, 0.29) is 10.8 Å². The van der Waals surface area contributed by atoms with Crippen molar-refractivity contribution in [1.82, 2.24) is 9.80 Å². The standard InChI is InChI=1S/C24H34N2O3/c1-2-22-11-19-12-23(15-22,17-24(29,13-19)16-22)21(28)26-8-6-25(7-9-26)14-18-4-3-5-20(27)10-18/h3-5,10,19,27,29H,2,6-9,11-17H2,1H3. The smallest absolute Gasteiger partial charge is 0.229 e. The second-order valence-electron chi connectivity index (χ2n) is 10.6. The van der Waals surface area contributed by atoms with Crippen molar-refractivity contribution >= 4 is 5.91 Å². The van der Waals surface area contributed by atoms with Crippen LogP contribution in [-0.2, 0) is 11.3 Å². The number of phenolic OH excluding ortho intramolecular Hbond substituents is 1. The van der Waals surface area contributed by atoms with Crippen molar-refractivity contribution in [2.24, 2.45) is 16.7 Å². The maximum atomic E-state index is 13.7. The van der Waals surface area contributed by atoms with Crippen LogP contribution >= 0.6 is 0 Å². The van der Waals surface area contributed by atoms with Gasteiger partial charge in [0.15, 0.2) is 0 Å². The molecule has 1 aromatic rings. The van der Waals surface area contributed by atoms with Gasteiger partial charge in [-0.05, 0) is 67.6 Å². The van der Waals surface area contributed by atoms with E-state index in [0.29, 0.717) is 24.0 Å². The third-order valence-electron chi connectivity index (χ3n) is 8.33. The molecule has 1 amide bonds. The van der Waals surface area contributed by atoms with Gasteiger partial charge in [-0.15, -0.1) is 0 Å². The van der Waals surface area contributed by atoms with Crippen LogP contribution in [0.1, 0.15) is 57.4 Å². The molecule has 158 valence electrons. The number of nitrogens with zero attached hydrogens (tertiary/aromatic N) is 2. The van der Waals surface area contributed by atoms with Crippen LogP contribution in [0.15, 0.2) is 24.3 Å². The Morgan fingerprint density at radius 3 is 2.59 bits per heavy atom. The molecule has 1 saturated heterocycles. The van der Waals surface area contributed by atoms with E-state index in [0.717, 1.165) is 70.4 Å². The van der Waals surface area contributed by atoms with Crippen LogP contribution < -0.4 is 0 Å². The van der Waals surface area contributed by atoms with Crippen LogP contribution in [0.2, 0.25) is 0 Å². The number of phenols is 1. The van der Waals surface area contributed by atoms with Gasteiger partial charge in [-0.1, -0.05) is 25.5 Å². The Kier molecular flexibility index (Phi) is 4.48. The molecule has 4 saturated carbocycles. The Hall–Kier alpha value is -1.59. The molecule has 1 aromatic carbocycles. The number of hydrogen-bond acceptors (Lipinski definition) is 4. The highest BCUT2D eigenvalue weighted by Gasteiger charge is 2.65. The van der Waals surface area contributed by atoms with Gasteiger partial charge >= 0.3 is 0 Å². The average molecular weight is 399 g/mol. The molecule has 0 aromatic heterocycles. The molecule has 1 aliphatic heterocycles. The predicted molar refractivity (Wildman–Crippen MR) is 111 cm³/mol. The van der Waals surface area contributed by atoms with Crippen LogP contribution in [0, 0.1) is 16.7 Å². The summed E-state index contributed by atoms with van der Waals surface area (Å²) in [5.74, 6) is 1.14. The Morgan fingerprint density at radius 2 is 1.90 bits per heavy atom. The van der Waals surface area contributed by atoms with E-state index in [4.69, 9.17) is 0 Å². The molecule has 4 atom stereocenters. The fraction of sp³-hybridized carbons (Fsp3) is 0.708. The number of hydrogen-bond donors (Lipinski definition) is 2. The van der Waals surface area contributed by atoms with E-state index < -0.39 is 5.60 Å². The molecule has 2 N–H and O–H groups in total. The highest BCUT2D eigenvalue weighted by molar-refractivity contribution is 5.83. The highest BCUT2D eigenvalue weighted by Crippen LogP contribution is 2.68. The van der Waals surface area contributed by atoms with E-state index in [1.807, 2.05) is 18.2 Å². The van der Waals surface area contributed by atoms with Crippen LogP contribution in [0.4, 0.5) is 0 Å². The van der Waals surface area contributed by atoms with E-state index >= 15 is 0 Å². The lowest BCUT2D eigenvalue weighted by atomic mass is 9.42. The van der Waals surface area contributed by atoms with Crippen molar-refractivity contribution in [3.63, 3.8) is 0 Å². The minimum absolute atomic E-state index is 0.182. The second-order valence-corrected chi connectivity index (χ2v) is 10.6. The molecule has 1 heterocycles. The molecular formula is C24H34N2O3. The third kappa shape index (κ3) is 3.36. The molecular weight excluding hydrogens is 364 g/mol. The van der Waals surface area contributed by atoms with Gasteiger partial charge in [0.1, 0.15) is 5.75 Å². The lowest BCUT2D eigenvalue weighted by Crippen LogP contribution is -2.65. The molecule has 5 fully saturated rings. The minimum Gasteiger partial charge on any atom is -0.508 e. The van der Waals surface area contributed by atoms with Gasteiger partial charge in [-0.25, -0.2) is 0 Å². The Morgan fingerprint density at radius 1 is 1.10 bits per heavy atom. The Labute approximate surface area is 173 Å².